The van der Waals surface area contributed by atoms with Gasteiger partial charge in [0.2, 0.25) is 11.9 Å². The van der Waals surface area contributed by atoms with E-state index in [0.29, 0.717) is 57.1 Å². The summed E-state index contributed by atoms with van der Waals surface area (Å²) in [5.74, 6) is 0.725. The average molecular weight is 1140 g/mol. The zero-order valence-electron chi connectivity index (χ0n) is 44.2. The van der Waals surface area contributed by atoms with Crippen LogP contribution < -0.4 is 28.7 Å². The molecule has 2 N–H and O–H groups in total. The van der Waals surface area contributed by atoms with Gasteiger partial charge in [0.05, 0.1) is 75.9 Å². The summed E-state index contributed by atoms with van der Waals surface area (Å²) in [6, 6.07) is 14.2. The predicted octanol–water partition coefficient (Wildman–Crippen LogP) is 4.28. The number of methoxy groups -OCH3 is 4. The Labute approximate surface area is 459 Å². The fraction of sp³-hybridized carbons (Fsp3) is 0.346. The molecule has 2 aromatic carbocycles. The fourth-order valence-corrected chi connectivity index (χ4v) is 13.0. The Morgan fingerprint density at radius 3 is 1.20 bits per heavy atom. The summed E-state index contributed by atoms with van der Waals surface area (Å²) < 4.78 is 108. The van der Waals surface area contributed by atoms with E-state index in [1.807, 2.05) is 26.0 Å². The third-order valence-electron chi connectivity index (χ3n) is 13.2. The first-order valence-electron chi connectivity index (χ1n) is 24.8. The third-order valence-corrected chi connectivity index (χ3v) is 17.2. The van der Waals surface area contributed by atoms with Crippen molar-refractivity contribution in [1.29, 1.82) is 0 Å². The first kappa shape index (κ1) is 56.4. The van der Waals surface area contributed by atoms with Crippen molar-refractivity contribution in [2.75, 3.05) is 64.4 Å². The predicted molar refractivity (Wildman–Crippen MR) is 287 cm³/mol. The molecule has 2 aliphatic heterocycles. The van der Waals surface area contributed by atoms with Gasteiger partial charge in [-0.25, -0.2) is 45.6 Å². The van der Waals surface area contributed by atoms with Gasteiger partial charge in [0.15, 0.2) is 54.6 Å². The van der Waals surface area contributed by atoms with Crippen LogP contribution in [0.4, 0.5) is 20.7 Å². The van der Waals surface area contributed by atoms with Gasteiger partial charge in [-0.2, -0.15) is 0 Å². The fourth-order valence-electron chi connectivity index (χ4n) is 9.56. The zero-order chi connectivity index (χ0) is 56.9. The maximum absolute atomic E-state index is 13.8. The molecular formula is C52H56F2N14O10S2. The van der Waals surface area contributed by atoms with Crippen molar-refractivity contribution in [1.82, 2.24) is 59.4 Å². The van der Waals surface area contributed by atoms with Crippen molar-refractivity contribution >= 4 is 31.6 Å². The zero-order valence-corrected chi connectivity index (χ0v) is 45.8. The number of β-amino-alcohol motifs (C(OH)–C–C–N with tert-alkyl or cyclic N) is 2. The summed E-state index contributed by atoms with van der Waals surface area (Å²) in [5.41, 5.74) is 3.88. The Hall–Kier alpha value is -8.34. The van der Waals surface area contributed by atoms with Gasteiger partial charge >= 0.3 is 0 Å². The number of ether oxygens (including phenoxy) is 4. The molecule has 2 fully saturated rings. The van der Waals surface area contributed by atoms with E-state index in [-0.39, 0.29) is 62.6 Å². The van der Waals surface area contributed by atoms with Gasteiger partial charge in [0, 0.05) is 62.1 Å². The van der Waals surface area contributed by atoms with Crippen molar-refractivity contribution < 1.29 is 54.8 Å². The minimum Gasteiger partial charge on any atom is -0.494 e. The van der Waals surface area contributed by atoms with E-state index >= 15 is 0 Å². The highest BCUT2D eigenvalue weighted by molar-refractivity contribution is 7.91. The van der Waals surface area contributed by atoms with Crippen molar-refractivity contribution in [2.24, 2.45) is 0 Å². The Morgan fingerprint density at radius 2 is 0.875 bits per heavy atom. The average Bonchev–Trinajstić information content (AvgIpc) is 4.05. The number of aromatic nitrogens is 12. The number of halogens is 2. The van der Waals surface area contributed by atoms with Crippen LogP contribution in [0.15, 0.2) is 98.1 Å². The van der Waals surface area contributed by atoms with E-state index in [1.165, 1.54) is 38.2 Å². The van der Waals surface area contributed by atoms with Crippen LogP contribution in [-0.4, -0.2) is 164 Å². The molecular weight excluding hydrogens is 1080 g/mol. The van der Waals surface area contributed by atoms with Gasteiger partial charge in [-0.05, 0) is 74.2 Å². The summed E-state index contributed by atoms with van der Waals surface area (Å²) in [6.07, 6.45) is 8.74. The number of benzene rings is 2. The number of anilines is 2. The number of aryl methyl sites for hydroxylation is 2. The number of hydrogen-bond donors (Lipinski definition) is 2. The van der Waals surface area contributed by atoms with E-state index in [4.69, 9.17) is 18.9 Å². The van der Waals surface area contributed by atoms with E-state index in [1.54, 1.807) is 70.3 Å². The highest BCUT2D eigenvalue weighted by Gasteiger charge is 2.39. The molecule has 2 aliphatic rings. The minimum atomic E-state index is -3.92. The molecule has 0 radical (unpaired) electrons. The second-order valence-corrected chi connectivity index (χ2v) is 23.5. The number of aliphatic hydroxyl groups excluding tert-OH is 2. The lowest BCUT2D eigenvalue weighted by Gasteiger charge is -2.35. The summed E-state index contributed by atoms with van der Waals surface area (Å²) in [5, 5.41) is 36.4. The van der Waals surface area contributed by atoms with Crippen LogP contribution >= 0.6 is 0 Å². The van der Waals surface area contributed by atoms with Crippen molar-refractivity contribution in [3.8, 4) is 57.1 Å². The number of aliphatic hydroxyl groups is 2. The lowest BCUT2D eigenvalue weighted by molar-refractivity contribution is 0.154. The number of nitrogens with zero attached hydrogens (tertiary/aromatic N) is 14. The van der Waals surface area contributed by atoms with Gasteiger partial charge in [-0.1, -0.05) is 12.1 Å². The Kier molecular flexibility index (Phi) is 16.9. The monoisotopic (exact) mass is 1140 g/mol. The maximum atomic E-state index is 13.8. The highest BCUT2D eigenvalue weighted by Crippen LogP contribution is 2.39. The van der Waals surface area contributed by atoms with Crippen LogP contribution in [0.5, 0.6) is 23.0 Å². The molecule has 80 heavy (non-hydrogen) atoms. The first-order chi connectivity index (χ1) is 38.4. The standard InChI is InChI=1S/2C26H28FN7O5S/c2*1-16-7-17(10-28-9-16)25-32-31-23(34(25)24-21(38-2)5-4-6-22(24)39-3)15-40(36,37)20-8-19(35)13-33(14-20)26-29-11-18(27)12-30-26/h2*4-7,9-12,19-20,35H,8,13-15H2,1-3H3/t2*19-,20-/m10/s1. The van der Waals surface area contributed by atoms with Crippen LogP contribution in [0.2, 0.25) is 0 Å². The van der Waals surface area contributed by atoms with Gasteiger partial charge < -0.3 is 39.0 Å². The first-order valence-corrected chi connectivity index (χ1v) is 28.2. The molecule has 6 aromatic heterocycles. The molecule has 2 saturated heterocycles. The topological polar surface area (TPSA) is 291 Å². The lowest BCUT2D eigenvalue weighted by atomic mass is 10.1. The Balaban J connectivity index is 0.000000194. The summed E-state index contributed by atoms with van der Waals surface area (Å²) >= 11 is 0. The molecule has 10 rings (SSSR count). The molecule has 0 aliphatic carbocycles. The van der Waals surface area contributed by atoms with Gasteiger partial charge in [-0.3, -0.25) is 19.1 Å². The second-order valence-electron chi connectivity index (χ2n) is 18.9. The Morgan fingerprint density at radius 1 is 0.525 bits per heavy atom. The second kappa shape index (κ2) is 23.9. The van der Waals surface area contributed by atoms with E-state index in [9.17, 15) is 35.8 Å². The van der Waals surface area contributed by atoms with E-state index in [2.05, 4.69) is 50.3 Å². The number of sulfone groups is 2. The lowest BCUT2D eigenvalue weighted by Crippen LogP contribution is -2.49. The van der Waals surface area contributed by atoms with Crippen molar-refractivity contribution in [2.45, 2.75) is 60.9 Å². The van der Waals surface area contributed by atoms with E-state index < -0.39 is 65.5 Å². The highest BCUT2D eigenvalue weighted by atomic mass is 32.2. The summed E-state index contributed by atoms with van der Waals surface area (Å²) in [6.45, 7) is 4.06. The largest absolute Gasteiger partial charge is 0.494 e. The van der Waals surface area contributed by atoms with Crippen molar-refractivity contribution in [3.63, 3.8) is 0 Å². The van der Waals surface area contributed by atoms with Crippen LogP contribution in [-0.2, 0) is 31.2 Å². The summed E-state index contributed by atoms with van der Waals surface area (Å²) in [7, 11) is -1.82. The number of rotatable bonds is 16. The van der Waals surface area contributed by atoms with Gasteiger partial charge in [0.1, 0.15) is 45.9 Å². The maximum Gasteiger partial charge on any atom is 0.225 e. The number of para-hydroxylation sites is 2. The molecule has 8 aromatic rings. The molecule has 28 heteroatoms. The SMILES string of the molecule is COc1cccc(OC)c1-n1c(CS(=O)(=O)[C@@H]2C[C@@H](O)CN(c3ncc(F)cn3)C2)nnc1-c1cncc(C)c1.COc1cccc(OC)c1-n1c(CS(=O)(=O)[C@H]2C[C@H](O)CN(c3ncc(F)cn3)C2)nnc1-c1cncc(C)c1. The molecule has 0 spiro atoms. The number of pyridine rings is 2. The van der Waals surface area contributed by atoms with Crippen LogP contribution in [0.3, 0.4) is 0 Å². The molecule has 0 bridgehead atoms. The normalized spacial score (nSPS) is 17.6. The van der Waals surface area contributed by atoms with Crippen LogP contribution in [0.25, 0.3) is 34.2 Å². The van der Waals surface area contributed by atoms with Crippen molar-refractivity contribution in [3.05, 3.63) is 133 Å². The smallest absolute Gasteiger partial charge is 0.225 e. The summed E-state index contributed by atoms with van der Waals surface area (Å²) in [4.78, 5) is 27.4. The van der Waals surface area contributed by atoms with Crippen LogP contribution in [0.1, 0.15) is 35.6 Å². The third kappa shape index (κ3) is 12.3. The minimum absolute atomic E-state index is 0.0147. The van der Waals surface area contributed by atoms with Gasteiger partial charge in [-0.15, -0.1) is 20.4 Å². The number of hydrogen-bond acceptors (Lipinski definition) is 22. The molecule has 8 heterocycles. The number of piperidine rings is 2. The quantitative estimate of drug-likeness (QED) is 0.136. The van der Waals surface area contributed by atoms with Gasteiger partial charge in [0.25, 0.3) is 0 Å². The molecule has 0 saturated carbocycles. The van der Waals surface area contributed by atoms with E-state index in [0.717, 1.165) is 35.9 Å². The molecule has 0 unspecified atom stereocenters. The van der Waals surface area contributed by atoms with Crippen LogP contribution in [0, 0.1) is 25.5 Å². The molecule has 24 nitrogen and oxygen atoms in total. The molecule has 4 atom stereocenters. The molecule has 420 valence electrons. The Bertz CT molecular complexity index is 3420. The molecule has 0 amide bonds.